The highest BCUT2D eigenvalue weighted by atomic mass is 79.9. The molecule has 1 aromatic rings. The molecule has 1 aromatic carbocycles. The summed E-state index contributed by atoms with van der Waals surface area (Å²) < 4.78 is 0.692. The van der Waals surface area contributed by atoms with Gasteiger partial charge in [-0.25, -0.2) is 0 Å². The minimum atomic E-state index is -0.0347. The van der Waals surface area contributed by atoms with E-state index < -0.39 is 0 Å². The van der Waals surface area contributed by atoms with Gasteiger partial charge in [0, 0.05) is 10.0 Å². The van der Waals surface area contributed by atoms with E-state index in [1.807, 2.05) is 0 Å². The Morgan fingerprint density at radius 1 is 1.50 bits per heavy atom. The van der Waals surface area contributed by atoms with Gasteiger partial charge in [-0.05, 0) is 12.1 Å². The molecular weight excluding hydrogens is 265 g/mol. The zero-order valence-electron chi connectivity index (χ0n) is 5.76. The lowest BCUT2D eigenvalue weighted by atomic mass is 10.2. The van der Waals surface area contributed by atoms with Crippen molar-refractivity contribution < 1.29 is 5.21 Å². The maximum absolute atomic E-state index is 8.41. The molecule has 0 heterocycles. The van der Waals surface area contributed by atoms with E-state index in [2.05, 4.69) is 21.1 Å². The second-order valence-corrected chi connectivity index (χ2v) is 3.61. The van der Waals surface area contributed by atoms with Gasteiger partial charge in [0.05, 0.1) is 5.02 Å². The Labute approximate surface area is 87.9 Å². The van der Waals surface area contributed by atoms with E-state index in [9.17, 15) is 0 Å². The van der Waals surface area contributed by atoms with E-state index in [1.165, 1.54) is 0 Å². The monoisotopic (exact) mass is 267 g/mol. The van der Waals surface area contributed by atoms with Crippen LogP contribution in [0.25, 0.3) is 0 Å². The van der Waals surface area contributed by atoms with Crippen molar-refractivity contribution in [2.75, 3.05) is 0 Å². The number of hydrogen-bond donors (Lipinski definition) is 1. The first-order chi connectivity index (χ1) is 5.66. The Balaban J connectivity index is 3.31. The molecule has 2 nitrogen and oxygen atoms in total. The van der Waals surface area contributed by atoms with Gasteiger partial charge in [0.1, 0.15) is 0 Å². The molecule has 0 saturated carbocycles. The Morgan fingerprint density at radius 3 is 2.67 bits per heavy atom. The van der Waals surface area contributed by atoms with Crippen LogP contribution in [0.1, 0.15) is 5.56 Å². The van der Waals surface area contributed by atoms with Gasteiger partial charge in [0.25, 0.3) is 0 Å². The van der Waals surface area contributed by atoms with Crippen molar-refractivity contribution >= 4 is 44.3 Å². The molecule has 0 unspecified atom stereocenters. The number of benzene rings is 1. The summed E-state index contributed by atoms with van der Waals surface area (Å²) in [6.45, 7) is 0. The van der Waals surface area contributed by atoms with Crippen molar-refractivity contribution in [1.82, 2.24) is 0 Å². The molecule has 0 aliphatic rings. The second-order valence-electron chi connectivity index (χ2n) is 1.99. The zero-order chi connectivity index (χ0) is 9.14. The molecule has 5 heteroatoms. The van der Waals surface area contributed by atoms with E-state index in [4.69, 9.17) is 28.4 Å². The van der Waals surface area contributed by atoms with Crippen LogP contribution in [0.4, 0.5) is 0 Å². The predicted octanol–water partition coefficient (Wildman–Crippen LogP) is 3.48. The molecule has 0 fully saturated rings. The first-order valence-electron chi connectivity index (χ1n) is 2.98. The van der Waals surface area contributed by atoms with Gasteiger partial charge in [0.15, 0.2) is 5.17 Å². The van der Waals surface area contributed by atoms with Crippen molar-refractivity contribution in [3.8, 4) is 0 Å². The SMILES string of the molecule is O/N=C(\Cl)c1c(Cl)cccc1Br. The van der Waals surface area contributed by atoms with Crippen LogP contribution in [0, 0.1) is 0 Å². The maximum atomic E-state index is 8.41. The molecule has 0 aliphatic heterocycles. The molecule has 0 aromatic heterocycles. The molecule has 0 radical (unpaired) electrons. The fourth-order valence-electron chi connectivity index (χ4n) is 0.745. The standard InChI is InChI=1S/C7H4BrCl2NO/c8-4-2-1-3-5(9)6(4)7(10)11-12/h1-3,12H/b11-7-. The van der Waals surface area contributed by atoms with Gasteiger partial charge < -0.3 is 5.21 Å². The van der Waals surface area contributed by atoms with Crippen LogP contribution in [-0.4, -0.2) is 10.4 Å². The van der Waals surface area contributed by atoms with Crippen molar-refractivity contribution in [3.05, 3.63) is 33.3 Å². The molecule has 0 bridgehead atoms. The first-order valence-corrected chi connectivity index (χ1v) is 4.53. The van der Waals surface area contributed by atoms with E-state index >= 15 is 0 Å². The smallest absolute Gasteiger partial charge is 0.177 e. The van der Waals surface area contributed by atoms with Crippen molar-refractivity contribution in [2.24, 2.45) is 5.16 Å². The van der Waals surface area contributed by atoms with Gasteiger partial charge in [0.2, 0.25) is 0 Å². The molecule has 0 amide bonds. The minimum absolute atomic E-state index is 0.0347. The van der Waals surface area contributed by atoms with Gasteiger partial charge in [-0.3, -0.25) is 0 Å². The Hall–Kier alpha value is -0.250. The first kappa shape index (κ1) is 9.84. The third kappa shape index (κ3) is 1.91. The van der Waals surface area contributed by atoms with E-state index in [0.29, 0.717) is 15.1 Å². The zero-order valence-corrected chi connectivity index (χ0v) is 8.86. The van der Waals surface area contributed by atoms with Gasteiger partial charge >= 0.3 is 0 Å². The van der Waals surface area contributed by atoms with Gasteiger partial charge in [-0.1, -0.05) is 50.4 Å². The Kier molecular flexibility index (Phi) is 3.38. The average molecular weight is 269 g/mol. The number of hydrogen-bond acceptors (Lipinski definition) is 2. The van der Waals surface area contributed by atoms with Crippen molar-refractivity contribution in [3.63, 3.8) is 0 Å². The van der Waals surface area contributed by atoms with Crippen LogP contribution in [0.15, 0.2) is 27.8 Å². The van der Waals surface area contributed by atoms with Crippen LogP contribution >= 0.6 is 39.1 Å². The van der Waals surface area contributed by atoms with Crippen LogP contribution in [0.2, 0.25) is 5.02 Å². The molecule has 64 valence electrons. The number of rotatable bonds is 1. The van der Waals surface area contributed by atoms with Crippen molar-refractivity contribution in [1.29, 1.82) is 0 Å². The number of oxime groups is 1. The summed E-state index contributed by atoms with van der Waals surface area (Å²) in [4.78, 5) is 0. The summed E-state index contributed by atoms with van der Waals surface area (Å²) in [6.07, 6.45) is 0. The highest BCUT2D eigenvalue weighted by Crippen LogP contribution is 2.26. The highest BCUT2D eigenvalue weighted by Gasteiger charge is 2.09. The average Bonchev–Trinajstić information content (AvgIpc) is 2.03. The fourth-order valence-corrected chi connectivity index (χ4v) is 2.04. The highest BCUT2D eigenvalue weighted by molar-refractivity contribution is 9.10. The quantitative estimate of drug-likeness (QED) is 0.472. The third-order valence-corrected chi connectivity index (χ3v) is 2.50. The molecule has 1 rings (SSSR count). The lowest BCUT2D eigenvalue weighted by Gasteiger charge is -2.02. The summed E-state index contributed by atoms with van der Waals surface area (Å²) in [5.74, 6) is 0. The molecule has 0 saturated heterocycles. The number of halogens is 3. The second kappa shape index (κ2) is 4.12. The summed E-state index contributed by atoms with van der Waals surface area (Å²) in [7, 11) is 0. The van der Waals surface area contributed by atoms with E-state index in [1.54, 1.807) is 18.2 Å². The van der Waals surface area contributed by atoms with Crippen molar-refractivity contribution in [2.45, 2.75) is 0 Å². The summed E-state index contributed by atoms with van der Waals surface area (Å²) in [5.41, 5.74) is 0.489. The van der Waals surface area contributed by atoms with E-state index in [0.717, 1.165) is 0 Å². The minimum Gasteiger partial charge on any atom is -0.410 e. The van der Waals surface area contributed by atoms with Gasteiger partial charge in [-0.2, -0.15) is 0 Å². The molecule has 12 heavy (non-hydrogen) atoms. The Morgan fingerprint density at radius 2 is 2.17 bits per heavy atom. The van der Waals surface area contributed by atoms with Crippen LogP contribution in [0.3, 0.4) is 0 Å². The topological polar surface area (TPSA) is 32.6 Å². The van der Waals surface area contributed by atoms with Crippen LogP contribution in [-0.2, 0) is 0 Å². The third-order valence-electron chi connectivity index (χ3n) is 1.26. The number of nitrogens with zero attached hydrogens (tertiary/aromatic N) is 1. The van der Waals surface area contributed by atoms with Crippen LogP contribution in [0.5, 0.6) is 0 Å². The summed E-state index contributed by atoms with van der Waals surface area (Å²) in [5, 5.41) is 11.7. The normalized spacial score (nSPS) is 11.8. The summed E-state index contributed by atoms with van der Waals surface area (Å²) in [6, 6.07) is 5.18. The molecule has 0 atom stereocenters. The van der Waals surface area contributed by atoms with E-state index in [-0.39, 0.29) is 5.17 Å². The lowest BCUT2D eigenvalue weighted by Crippen LogP contribution is -1.93. The molecule has 1 N–H and O–H groups in total. The van der Waals surface area contributed by atoms with Gasteiger partial charge in [-0.15, -0.1) is 0 Å². The molecule has 0 spiro atoms. The maximum Gasteiger partial charge on any atom is 0.177 e. The Bertz CT molecular complexity index is 307. The summed E-state index contributed by atoms with van der Waals surface area (Å²) >= 11 is 14.6. The lowest BCUT2D eigenvalue weighted by molar-refractivity contribution is 0.321. The molecule has 0 aliphatic carbocycles. The molecular formula is C7H4BrCl2NO. The predicted molar refractivity (Wildman–Crippen MR) is 53.3 cm³/mol. The fraction of sp³-hybridized carbons (Fsp3) is 0. The largest absolute Gasteiger partial charge is 0.410 e. The van der Waals surface area contributed by atoms with Crippen LogP contribution < -0.4 is 0 Å².